The van der Waals surface area contributed by atoms with Crippen LogP contribution in [0.3, 0.4) is 0 Å². The first-order chi connectivity index (χ1) is 10.5. The minimum Gasteiger partial charge on any atom is -0.298 e. The molecule has 2 saturated heterocycles. The quantitative estimate of drug-likeness (QED) is 0.794. The molecule has 2 aliphatic rings. The lowest BCUT2D eigenvalue weighted by atomic mass is 10.1. The van der Waals surface area contributed by atoms with Crippen molar-refractivity contribution >= 4 is 9.84 Å². The van der Waals surface area contributed by atoms with Gasteiger partial charge in [0.05, 0.1) is 5.75 Å². The molecule has 4 nitrogen and oxygen atoms in total. The first-order valence-electron chi connectivity index (χ1n) is 8.23. The van der Waals surface area contributed by atoms with Gasteiger partial charge in [0.25, 0.3) is 0 Å². The number of hydrogen-bond donors (Lipinski definition) is 0. The lowest BCUT2D eigenvalue weighted by Crippen LogP contribution is -2.38. The van der Waals surface area contributed by atoms with Crippen LogP contribution in [0.5, 0.6) is 0 Å². The van der Waals surface area contributed by atoms with Crippen molar-refractivity contribution in [1.29, 1.82) is 0 Å². The Morgan fingerprint density at radius 2 is 1.59 bits per heavy atom. The fourth-order valence-electron chi connectivity index (χ4n) is 3.92. The lowest BCUT2D eigenvalue weighted by Gasteiger charge is -2.25. The Morgan fingerprint density at radius 3 is 2.18 bits per heavy atom. The predicted octanol–water partition coefficient (Wildman–Crippen LogP) is 1.42. The van der Waals surface area contributed by atoms with Crippen molar-refractivity contribution in [3.05, 3.63) is 35.9 Å². The monoisotopic (exact) mass is 322 g/mol. The molecular formula is C17H26N2O2S. The van der Waals surface area contributed by atoms with Crippen molar-refractivity contribution in [2.75, 3.05) is 38.2 Å². The molecule has 2 atom stereocenters. The van der Waals surface area contributed by atoms with Gasteiger partial charge in [-0.15, -0.1) is 0 Å². The summed E-state index contributed by atoms with van der Waals surface area (Å²) >= 11 is 0. The largest absolute Gasteiger partial charge is 0.298 e. The summed E-state index contributed by atoms with van der Waals surface area (Å²) in [5.41, 5.74) is 1.40. The van der Waals surface area contributed by atoms with E-state index < -0.39 is 9.84 Å². The summed E-state index contributed by atoms with van der Waals surface area (Å²) < 4.78 is 22.7. The van der Waals surface area contributed by atoms with Crippen molar-refractivity contribution < 1.29 is 8.42 Å². The van der Waals surface area contributed by atoms with E-state index >= 15 is 0 Å². The van der Waals surface area contributed by atoms with Gasteiger partial charge in [0.15, 0.2) is 0 Å². The number of fused-ring (bicyclic) bond motifs is 1. The Balaban J connectivity index is 1.52. The third-order valence-electron chi connectivity index (χ3n) is 5.09. The fraction of sp³-hybridized carbons (Fsp3) is 0.647. The van der Waals surface area contributed by atoms with Crippen LogP contribution >= 0.6 is 0 Å². The number of hydrogen-bond acceptors (Lipinski definition) is 4. The molecule has 122 valence electrons. The molecule has 0 aliphatic carbocycles. The average molecular weight is 322 g/mol. The average Bonchev–Trinajstić information content (AvgIpc) is 3.05. The second kappa shape index (κ2) is 6.69. The molecule has 2 heterocycles. The zero-order valence-electron chi connectivity index (χ0n) is 13.3. The van der Waals surface area contributed by atoms with E-state index in [1.807, 2.05) is 0 Å². The molecule has 2 aliphatic heterocycles. The zero-order valence-corrected chi connectivity index (χ0v) is 14.1. The van der Waals surface area contributed by atoms with E-state index in [0.29, 0.717) is 24.4 Å². The van der Waals surface area contributed by atoms with E-state index in [2.05, 4.69) is 40.1 Å². The number of nitrogens with zero attached hydrogens (tertiary/aromatic N) is 2. The minimum absolute atomic E-state index is 0.292. The molecule has 1 aromatic rings. The molecular weight excluding hydrogens is 296 g/mol. The van der Waals surface area contributed by atoms with E-state index in [0.717, 1.165) is 26.1 Å². The van der Waals surface area contributed by atoms with Gasteiger partial charge < -0.3 is 0 Å². The van der Waals surface area contributed by atoms with E-state index in [1.54, 1.807) is 0 Å². The van der Waals surface area contributed by atoms with Crippen molar-refractivity contribution in [1.82, 2.24) is 9.80 Å². The maximum Gasteiger partial charge on any atom is 0.148 e. The summed E-state index contributed by atoms with van der Waals surface area (Å²) in [6.45, 7) is 4.02. The standard InChI is InChI=1S/C17H26N2O2S/c1-22(20,21)14-13-19-12-9-16-17(19)8-11-18(16)10-7-15-5-3-2-4-6-15/h2-6,16-17H,7-14H2,1H3/t16-,17-/m0/s1. The second-order valence-electron chi connectivity index (χ2n) is 6.65. The van der Waals surface area contributed by atoms with Crippen molar-refractivity contribution in [3.8, 4) is 0 Å². The molecule has 0 aromatic heterocycles. The predicted molar refractivity (Wildman–Crippen MR) is 89.8 cm³/mol. The number of likely N-dealkylation sites (tertiary alicyclic amines) is 2. The van der Waals surface area contributed by atoms with Crippen LogP contribution < -0.4 is 0 Å². The van der Waals surface area contributed by atoms with Crippen molar-refractivity contribution in [3.63, 3.8) is 0 Å². The Morgan fingerprint density at radius 1 is 1.00 bits per heavy atom. The topological polar surface area (TPSA) is 40.6 Å². The molecule has 0 N–H and O–H groups in total. The molecule has 0 saturated carbocycles. The first-order valence-corrected chi connectivity index (χ1v) is 10.3. The number of rotatable bonds is 6. The highest BCUT2D eigenvalue weighted by atomic mass is 32.2. The Hall–Kier alpha value is -0.910. The summed E-state index contributed by atoms with van der Waals surface area (Å²) in [5, 5.41) is 0. The molecule has 22 heavy (non-hydrogen) atoms. The fourth-order valence-corrected chi connectivity index (χ4v) is 4.49. The Bertz CT molecular complexity index is 588. The smallest absolute Gasteiger partial charge is 0.148 e. The van der Waals surface area contributed by atoms with Gasteiger partial charge in [-0.3, -0.25) is 9.80 Å². The van der Waals surface area contributed by atoms with E-state index in [4.69, 9.17) is 0 Å². The second-order valence-corrected chi connectivity index (χ2v) is 8.91. The maximum atomic E-state index is 11.4. The van der Waals surface area contributed by atoms with Crippen molar-refractivity contribution in [2.45, 2.75) is 31.3 Å². The van der Waals surface area contributed by atoms with Gasteiger partial charge in [-0.2, -0.15) is 0 Å². The van der Waals surface area contributed by atoms with E-state index in [1.165, 1.54) is 24.7 Å². The summed E-state index contributed by atoms with van der Waals surface area (Å²) in [4.78, 5) is 5.01. The zero-order chi connectivity index (χ0) is 15.6. The van der Waals surface area contributed by atoms with Crippen LogP contribution in [0.25, 0.3) is 0 Å². The SMILES string of the molecule is CS(=O)(=O)CCN1CC[C@H]2[C@@H]1CCN2CCc1ccccc1. The highest BCUT2D eigenvalue weighted by Crippen LogP contribution is 2.31. The third kappa shape index (κ3) is 3.89. The minimum atomic E-state index is -2.86. The van der Waals surface area contributed by atoms with Gasteiger partial charge in [0.2, 0.25) is 0 Å². The van der Waals surface area contributed by atoms with Crippen LogP contribution in [-0.4, -0.2) is 68.5 Å². The van der Waals surface area contributed by atoms with Crippen LogP contribution in [0.2, 0.25) is 0 Å². The highest BCUT2D eigenvalue weighted by molar-refractivity contribution is 7.90. The van der Waals surface area contributed by atoms with Gasteiger partial charge in [-0.25, -0.2) is 8.42 Å². The molecule has 0 amide bonds. The number of sulfone groups is 1. The van der Waals surface area contributed by atoms with Gasteiger partial charge in [-0.05, 0) is 24.8 Å². The third-order valence-corrected chi connectivity index (χ3v) is 6.01. The van der Waals surface area contributed by atoms with Crippen LogP contribution in [-0.2, 0) is 16.3 Å². The van der Waals surface area contributed by atoms with Crippen LogP contribution in [0.1, 0.15) is 18.4 Å². The van der Waals surface area contributed by atoms with Gasteiger partial charge in [0.1, 0.15) is 9.84 Å². The van der Waals surface area contributed by atoms with Crippen LogP contribution in [0, 0.1) is 0 Å². The van der Waals surface area contributed by atoms with E-state index in [9.17, 15) is 8.42 Å². The maximum absolute atomic E-state index is 11.4. The summed E-state index contributed by atoms with van der Waals surface area (Å²) in [7, 11) is -2.86. The lowest BCUT2D eigenvalue weighted by molar-refractivity contribution is 0.229. The Kier molecular flexibility index (Phi) is 4.85. The van der Waals surface area contributed by atoms with Gasteiger partial charge in [-0.1, -0.05) is 30.3 Å². The molecule has 5 heteroatoms. The molecule has 0 radical (unpaired) electrons. The molecule has 3 rings (SSSR count). The summed E-state index contributed by atoms with van der Waals surface area (Å²) in [6.07, 6.45) is 4.81. The first kappa shape index (κ1) is 16.0. The van der Waals surface area contributed by atoms with Gasteiger partial charge >= 0.3 is 0 Å². The van der Waals surface area contributed by atoms with E-state index in [-0.39, 0.29) is 0 Å². The van der Waals surface area contributed by atoms with Crippen LogP contribution in [0.4, 0.5) is 0 Å². The highest BCUT2D eigenvalue weighted by Gasteiger charge is 2.41. The summed E-state index contributed by atoms with van der Waals surface area (Å²) in [5.74, 6) is 0.292. The summed E-state index contributed by atoms with van der Waals surface area (Å²) in [6, 6.07) is 11.9. The normalized spacial score (nSPS) is 26.4. The van der Waals surface area contributed by atoms with Gasteiger partial charge in [0, 0.05) is 44.5 Å². The molecule has 0 unspecified atom stereocenters. The van der Waals surface area contributed by atoms with Crippen molar-refractivity contribution in [2.24, 2.45) is 0 Å². The van der Waals surface area contributed by atoms with Crippen LogP contribution in [0.15, 0.2) is 30.3 Å². The molecule has 0 bridgehead atoms. The Labute approximate surface area is 134 Å². The molecule has 1 aromatic carbocycles. The molecule has 0 spiro atoms. The number of benzene rings is 1. The molecule has 2 fully saturated rings.